The van der Waals surface area contributed by atoms with Gasteiger partial charge in [0.1, 0.15) is 17.3 Å². The Hall–Kier alpha value is -3.02. The fourth-order valence-electron chi connectivity index (χ4n) is 2.23. The van der Waals surface area contributed by atoms with Gasteiger partial charge in [-0.25, -0.2) is 15.0 Å². The smallest absolute Gasteiger partial charge is 0.270 e. The predicted molar refractivity (Wildman–Crippen MR) is 86.2 cm³/mol. The van der Waals surface area contributed by atoms with Gasteiger partial charge in [-0.2, -0.15) is 0 Å². The van der Waals surface area contributed by atoms with Crippen molar-refractivity contribution >= 4 is 5.91 Å². The Morgan fingerprint density at radius 3 is 2.70 bits per heavy atom. The first-order valence-corrected chi connectivity index (χ1v) is 7.30. The molecule has 0 aliphatic carbocycles. The van der Waals surface area contributed by atoms with E-state index in [1.54, 1.807) is 18.5 Å². The van der Waals surface area contributed by atoms with Gasteiger partial charge in [-0.05, 0) is 37.6 Å². The molecule has 0 fully saturated rings. The lowest BCUT2D eigenvalue weighted by Gasteiger charge is -2.07. The van der Waals surface area contributed by atoms with E-state index in [1.807, 2.05) is 48.9 Å². The average Bonchev–Trinajstić information content (AvgIpc) is 2.99. The summed E-state index contributed by atoms with van der Waals surface area (Å²) in [4.78, 5) is 24.8. The number of pyridine rings is 2. The molecule has 3 aromatic heterocycles. The molecule has 3 rings (SSSR count). The summed E-state index contributed by atoms with van der Waals surface area (Å²) in [7, 11) is 0. The highest BCUT2D eigenvalue weighted by Gasteiger charge is 2.07. The van der Waals surface area contributed by atoms with Crippen LogP contribution in [0.25, 0.3) is 5.82 Å². The molecule has 0 saturated heterocycles. The standard InChI is InChI=1S/C17H17N5O/c1-12-4-3-5-15(21-12)17(23)20-11-14-6-7-16(19-10-14)22-9-8-18-13(22)2/h3-10H,11H2,1-2H3,(H,20,23). The minimum absolute atomic E-state index is 0.191. The van der Waals surface area contributed by atoms with Gasteiger partial charge in [-0.15, -0.1) is 0 Å². The van der Waals surface area contributed by atoms with Crippen LogP contribution in [0.5, 0.6) is 0 Å². The van der Waals surface area contributed by atoms with E-state index in [2.05, 4.69) is 20.3 Å². The van der Waals surface area contributed by atoms with Crippen LogP contribution in [-0.2, 0) is 6.54 Å². The minimum atomic E-state index is -0.191. The number of nitrogens with one attached hydrogen (secondary N) is 1. The summed E-state index contributed by atoms with van der Waals surface area (Å²) in [6.07, 6.45) is 5.35. The van der Waals surface area contributed by atoms with Crippen molar-refractivity contribution in [2.45, 2.75) is 20.4 Å². The molecule has 3 aromatic rings. The summed E-state index contributed by atoms with van der Waals surface area (Å²) in [5, 5.41) is 2.85. The Kier molecular flexibility index (Phi) is 4.14. The first-order chi connectivity index (χ1) is 11.1. The normalized spacial score (nSPS) is 10.5. The molecule has 1 amide bonds. The van der Waals surface area contributed by atoms with Crippen molar-refractivity contribution in [3.05, 3.63) is 71.7 Å². The number of carbonyl (C=O) groups is 1. The second-order valence-corrected chi connectivity index (χ2v) is 5.22. The molecule has 1 N–H and O–H groups in total. The Bertz CT molecular complexity index is 823. The average molecular weight is 307 g/mol. The molecular formula is C17H17N5O. The van der Waals surface area contributed by atoms with Gasteiger partial charge in [0.2, 0.25) is 0 Å². The molecule has 3 heterocycles. The summed E-state index contributed by atoms with van der Waals surface area (Å²) < 4.78 is 1.90. The molecule has 23 heavy (non-hydrogen) atoms. The summed E-state index contributed by atoms with van der Waals surface area (Å²) in [5.74, 6) is 1.49. The van der Waals surface area contributed by atoms with E-state index >= 15 is 0 Å². The maximum Gasteiger partial charge on any atom is 0.270 e. The second-order valence-electron chi connectivity index (χ2n) is 5.22. The highest BCUT2D eigenvalue weighted by molar-refractivity contribution is 5.92. The molecule has 0 atom stereocenters. The van der Waals surface area contributed by atoms with Gasteiger partial charge in [0, 0.05) is 30.8 Å². The third-order valence-electron chi connectivity index (χ3n) is 3.46. The number of hydrogen-bond donors (Lipinski definition) is 1. The van der Waals surface area contributed by atoms with Crippen LogP contribution in [-0.4, -0.2) is 25.4 Å². The molecule has 0 unspecified atom stereocenters. The Labute approximate surface area is 134 Å². The van der Waals surface area contributed by atoms with Crippen molar-refractivity contribution in [2.75, 3.05) is 0 Å². The lowest BCUT2D eigenvalue weighted by Crippen LogP contribution is -2.24. The largest absolute Gasteiger partial charge is 0.347 e. The monoisotopic (exact) mass is 307 g/mol. The van der Waals surface area contributed by atoms with Crippen molar-refractivity contribution in [1.82, 2.24) is 24.8 Å². The zero-order valence-corrected chi connectivity index (χ0v) is 13.0. The highest BCUT2D eigenvalue weighted by atomic mass is 16.1. The number of nitrogens with zero attached hydrogens (tertiary/aromatic N) is 4. The van der Waals surface area contributed by atoms with Gasteiger partial charge in [0.25, 0.3) is 5.91 Å². The van der Waals surface area contributed by atoms with Crippen molar-refractivity contribution in [3.63, 3.8) is 0 Å². The van der Waals surface area contributed by atoms with E-state index in [9.17, 15) is 4.79 Å². The van der Waals surface area contributed by atoms with Crippen LogP contribution >= 0.6 is 0 Å². The molecule has 0 radical (unpaired) electrons. The summed E-state index contributed by atoms with van der Waals surface area (Å²) in [5.41, 5.74) is 2.16. The molecule has 6 nitrogen and oxygen atoms in total. The molecular weight excluding hydrogens is 290 g/mol. The van der Waals surface area contributed by atoms with E-state index in [1.165, 1.54) is 0 Å². The third kappa shape index (κ3) is 3.42. The van der Waals surface area contributed by atoms with Crippen molar-refractivity contribution in [3.8, 4) is 5.82 Å². The van der Waals surface area contributed by atoms with Crippen LogP contribution in [0.1, 0.15) is 27.6 Å². The number of carbonyl (C=O) groups excluding carboxylic acids is 1. The third-order valence-corrected chi connectivity index (χ3v) is 3.46. The molecule has 0 spiro atoms. The maximum atomic E-state index is 12.1. The number of hydrogen-bond acceptors (Lipinski definition) is 4. The quantitative estimate of drug-likeness (QED) is 0.802. The Morgan fingerprint density at radius 1 is 1.17 bits per heavy atom. The van der Waals surface area contributed by atoms with Crippen LogP contribution in [0, 0.1) is 13.8 Å². The van der Waals surface area contributed by atoms with Crippen molar-refractivity contribution in [2.24, 2.45) is 0 Å². The second kappa shape index (κ2) is 6.39. The molecule has 116 valence electrons. The molecule has 0 bridgehead atoms. The Balaban J connectivity index is 1.65. The maximum absolute atomic E-state index is 12.1. The molecule has 0 aliphatic heterocycles. The first kappa shape index (κ1) is 14.9. The fourth-order valence-corrected chi connectivity index (χ4v) is 2.23. The van der Waals surface area contributed by atoms with Gasteiger partial charge in [0.05, 0.1) is 0 Å². The van der Waals surface area contributed by atoms with E-state index in [0.29, 0.717) is 12.2 Å². The fraction of sp³-hybridized carbons (Fsp3) is 0.176. The van der Waals surface area contributed by atoms with E-state index < -0.39 is 0 Å². The molecule has 0 aliphatic rings. The zero-order chi connectivity index (χ0) is 16.2. The number of aryl methyl sites for hydroxylation is 2. The lowest BCUT2D eigenvalue weighted by molar-refractivity contribution is 0.0945. The van der Waals surface area contributed by atoms with Crippen LogP contribution in [0.15, 0.2) is 48.9 Å². The van der Waals surface area contributed by atoms with Gasteiger partial charge < -0.3 is 5.32 Å². The van der Waals surface area contributed by atoms with Gasteiger partial charge in [0.15, 0.2) is 0 Å². The molecule has 0 saturated carbocycles. The number of imidazole rings is 1. The topological polar surface area (TPSA) is 72.7 Å². The van der Waals surface area contributed by atoms with E-state index in [4.69, 9.17) is 0 Å². The first-order valence-electron chi connectivity index (χ1n) is 7.30. The SMILES string of the molecule is Cc1cccc(C(=O)NCc2ccc(-n3ccnc3C)nc2)n1. The van der Waals surface area contributed by atoms with E-state index in [-0.39, 0.29) is 5.91 Å². The van der Waals surface area contributed by atoms with Crippen LogP contribution < -0.4 is 5.32 Å². The predicted octanol–water partition coefficient (Wildman–Crippen LogP) is 2.21. The number of aromatic nitrogens is 4. The van der Waals surface area contributed by atoms with Gasteiger partial charge in [-0.3, -0.25) is 9.36 Å². The summed E-state index contributed by atoms with van der Waals surface area (Å²) in [6, 6.07) is 9.22. The van der Waals surface area contributed by atoms with Crippen molar-refractivity contribution in [1.29, 1.82) is 0 Å². The van der Waals surface area contributed by atoms with Crippen molar-refractivity contribution < 1.29 is 4.79 Å². The van der Waals surface area contributed by atoms with Crippen LogP contribution in [0.4, 0.5) is 0 Å². The van der Waals surface area contributed by atoms with Gasteiger partial charge in [-0.1, -0.05) is 12.1 Å². The Morgan fingerprint density at radius 2 is 2.04 bits per heavy atom. The number of amides is 1. The van der Waals surface area contributed by atoms with E-state index in [0.717, 1.165) is 22.9 Å². The number of rotatable bonds is 4. The molecule has 0 aromatic carbocycles. The highest BCUT2D eigenvalue weighted by Crippen LogP contribution is 2.08. The summed E-state index contributed by atoms with van der Waals surface area (Å²) >= 11 is 0. The van der Waals surface area contributed by atoms with Gasteiger partial charge >= 0.3 is 0 Å². The van der Waals surface area contributed by atoms with Crippen LogP contribution in [0.3, 0.4) is 0 Å². The van der Waals surface area contributed by atoms with Crippen LogP contribution in [0.2, 0.25) is 0 Å². The lowest BCUT2D eigenvalue weighted by atomic mass is 10.2. The minimum Gasteiger partial charge on any atom is -0.347 e. The summed E-state index contributed by atoms with van der Waals surface area (Å²) in [6.45, 7) is 4.19. The zero-order valence-electron chi connectivity index (χ0n) is 13.0. The molecule has 6 heteroatoms.